The van der Waals surface area contributed by atoms with E-state index in [9.17, 15) is 5.26 Å². The molecule has 0 spiro atoms. The second-order valence-electron chi connectivity index (χ2n) is 5.86. The molecular formula is C19H19ClN2. The van der Waals surface area contributed by atoms with Crippen LogP contribution in [0.3, 0.4) is 0 Å². The molecule has 1 aliphatic carbocycles. The Morgan fingerprint density at radius 1 is 1.14 bits per heavy atom. The minimum Gasteiger partial charge on any atom is -0.351 e. The lowest BCUT2D eigenvalue weighted by molar-refractivity contribution is 0.354. The molecule has 0 aliphatic heterocycles. The fraction of sp³-hybridized carbons (Fsp3) is 0.316. The van der Waals surface area contributed by atoms with Crippen molar-refractivity contribution in [2.75, 3.05) is 0 Å². The summed E-state index contributed by atoms with van der Waals surface area (Å²) >= 11 is 5.90. The van der Waals surface area contributed by atoms with Gasteiger partial charge in [-0.2, -0.15) is 5.26 Å². The summed E-state index contributed by atoms with van der Waals surface area (Å²) in [4.78, 5) is 0. The van der Waals surface area contributed by atoms with Crippen LogP contribution in [0.4, 0.5) is 0 Å². The van der Waals surface area contributed by atoms with Crippen molar-refractivity contribution < 1.29 is 0 Å². The lowest BCUT2D eigenvalue weighted by Gasteiger charge is -2.23. The maximum absolute atomic E-state index is 9.41. The third-order valence-corrected chi connectivity index (χ3v) is 4.57. The predicted molar refractivity (Wildman–Crippen MR) is 91.5 cm³/mol. The zero-order valence-corrected chi connectivity index (χ0v) is 13.3. The highest BCUT2D eigenvalue weighted by molar-refractivity contribution is 6.30. The first-order valence-electron chi connectivity index (χ1n) is 7.81. The number of nitriles is 1. The van der Waals surface area contributed by atoms with Gasteiger partial charge in [0.25, 0.3) is 0 Å². The van der Waals surface area contributed by atoms with Gasteiger partial charge in [-0.25, -0.2) is 0 Å². The van der Waals surface area contributed by atoms with Gasteiger partial charge < -0.3 is 4.57 Å². The number of rotatable bonds is 3. The SMILES string of the molecule is N#C/C(=C\c1ccn(C2CCCCC2)c1)c1ccc(Cl)cc1. The third kappa shape index (κ3) is 3.43. The second-order valence-corrected chi connectivity index (χ2v) is 6.30. The maximum atomic E-state index is 9.41. The Hall–Kier alpha value is -1.98. The van der Waals surface area contributed by atoms with Crippen LogP contribution in [0.2, 0.25) is 5.02 Å². The fourth-order valence-electron chi connectivity index (χ4n) is 3.10. The van der Waals surface area contributed by atoms with Crippen LogP contribution in [0.5, 0.6) is 0 Å². The van der Waals surface area contributed by atoms with Gasteiger partial charge in [-0.05, 0) is 48.2 Å². The molecule has 1 saturated carbocycles. The molecule has 22 heavy (non-hydrogen) atoms. The molecule has 0 unspecified atom stereocenters. The first-order valence-corrected chi connectivity index (χ1v) is 8.19. The minimum absolute atomic E-state index is 0.622. The molecule has 0 atom stereocenters. The summed E-state index contributed by atoms with van der Waals surface area (Å²) < 4.78 is 2.31. The third-order valence-electron chi connectivity index (χ3n) is 4.32. The van der Waals surface area contributed by atoms with E-state index in [1.807, 2.05) is 30.3 Å². The Bertz CT molecular complexity index is 698. The molecule has 1 aliphatic rings. The van der Waals surface area contributed by atoms with Gasteiger partial charge in [0, 0.05) is 23.5 Å². The molecule has 0 amide bonds. The van der Waals surface area contributed by atoms with Crippen LogP contribution in [0.25, 0.3) is 11.6 Å². The molecule has 1 fully saturated rings. The summed E-state index contributed by atoms with van der Waals surface area (Å²) in [6, 6.07) is 12.4. The summed E-state index contributed by atoms with van der Waals surface area (Å²) in [6.45, 7) is 0. The van der Waals surface area contributed by atoms with Crippen molar-refractivity contribution in [1.82, 2.24) is 4.57 Å². The summed E-state index contributed by atoms with van der Waals surface area (Å²) in [6.07, 6.45) is 12.8. The molecule has 1 aromatic carbocycles. The molecule has 1 heterocycles. The first-order chi connectivity index (χ1) is 10.8. The highest BCUT2D eigenvalue weighted by Crippen LogP contribution is 2.29. The normalized spacial score (nSPS) is 16.5. The van der Waals surface area contributed by atoms with E-state index in [2.05, 4.69) is 29.1 Å². The van der Waals surface area contributed by atoms with Gasteiger partial charge in [-0.3, -0.25) is 0 Å². The van der Waals surface area contributed by atoms with Crippen molar-refractivity contribution in [3.8, 4) is 6.07 Å². The van der Waals surface area contributed by atoms with Crippen molar-refractivity contribution in [3.63, 3.8) is 0 Å². The average Bonchev–Trinajstić information content (AvgIpc) is 3.03. The van der Waals surface area contributed by atoms with Crippen LogP contribution >= 0.6 is 11.6 Å². The topological polar surface area (TPSA) is 28.7 Å². The van der Waals surface area contributed by atoms with Crippen LogP contribution in [0.15, 0.2) is 42.7 Å². The molecule has 0 bridgehead atoms. The van der Waals surface area contributed by atoms with E-state index < -0.39 is 0 Å². The molecule has 3 rings (SSSR count). The van der Waals surface area contributed by atoms with Crippen LogP contribution in [0, 0.1) is 11.3 Å². The Balaban J connectivity index is 1.82. The molecule has 2 nitrogen and oxygen atoms in total. The summed E-state index contributed by atoms with van der Waals surface area (Å²) in [5, 5.41) is 10.1. The maximum Gasteiger partial charge on any atom is 0.0998 e. The molecule has 112 valence electrons. The molecule has 0 saturated heterocycles. The van der Waals surface area contributed by atoms with E-state index in [4.69, 9.17) is 11.6 Å². The Morgan fingerprint density at radius 3 is 2.55 bits per heavy atom. The van der Waals surface area contributed by atoms with E-state index in [0.717, 1.165) is 11.1 Å². The van der Waals surface area contributed by atoms with E-state index in [0.29, 0.717) is 16.6 Å². The van der Waals surface area contributed by atoms with Crippen molar-refractivity contribution in [2.45, 2.75) is 38.1 Å². The monoisotopic (exact) mass is 310 g/mol. The fourth-order valence-corrected chi connectivity index (χ4v) is 3.22. The van der Waals surface area contributed by atoms with Gasteiger partial charge in [0.15, 0.2) is 0 Å². The van der Waals surface area contributed by atoms with E-state index in [1.165, 1.54) is 32.1 Å². The smallest absolute Gasteiger partial charge is 0.0998 e. The largest absolute Gasteiger partial charge is 0.351 e. The van der Waals surface area contributed by atoms with Gasteiger partial charge in [0.2, 0.25) is 0 Å². The van der Waals surface area contributed by atoms with Gasteiger partial charge in [-0.15, -0.1) is 0 Å². The summed E-state index contributed by atoms with van der Waals surface area (Å²) in [5.74, 6) is 0. The number of nitrogens with zero attached hydrogens (tertiary/aromatic N) is 2. The quantitative estimate of drug-likeness (QED) is 0.667. The summed E-state index contributed by atoms with van der Waals surface area (Å²) in [7, 11) is 0. The minimum atomic E-state index is 0.622. The lowest BCUT2D eigenvalue weighted by atomic mass is 9.95. The standard InChI is InChI=1S/C19H19ClN2/c20-18-8-6-16(7-9-18)17(13-21)12-15-10-11-22(14-15)19-4-2-1-3-5-19/h6-12,14,19H,1-5H2/b17-12+. The number of hydrogen-bond donors (Lipinski definition) is 0. The number of allylic oxidation sites excluding steroid dienone is 1. The molecule has 1 aromatic heterocycles. The Kier molecular flexibility index (Phi) is 4.65. The van der Waals surface area contributed by atoms with Gasteiger partial charge in [-0.1, -0.05) is 43.0 Å². The van der Waals surface area contributed by atoms with E-state index >= 15 is 0 Å². The van der Waals surface area contributed by atoms with E-state index in [-0.39, 0.29) is 0 Å². The molecule has 3 heteroatoms. The Morgan fingerprint density at radius 2 is 1.86 bits per heavy atom. The van der Waals surface area contributed by atoms with E-state index in [1.54, 1.807) is 0 Å². The van der Waals surface area contributed by atoms with Crippen LogP contribution in [-0.4, -0.2) is 4.57 Å². The number of benzene rings is 1. The average molecular weight is 311 g/mol. The number of aromatic nitrogens is 1. The summed E-state index contributed by atoms with van der Waals surface area (Å²) in [5.41, 5.74) is 2.65. The van der Waals surface area contributed by atoms with Gasteiger partial charge >= 0.3 is 0 Å². The Labute approximate surface area is 136 Å². The van der Waals surface area contributed by atoms with Crippen LogP contribution in [-0.2, 0) is 0 Å². The molecule has 2 aromatic rings. The highest BCUT2D eigenvalue weighted by atomic mass is 35.5. The van der Waals surface area contributed by atoms with Crippen molar-refractivity contribution >= 4 is 23.3 Å². The molecule has 0 radical (unpaired) electrons. The molecule has 0 N–H and O–H groups in total. The van der Waals surface area contributed by atoms with Crippen molar-refractivity contribution in [2.24, 2.45) is 0 Å². The van der Waals surface area contributed by atoms with Gasteiger partial charge in [0.1, 0.15) is 0 Å². The first kappa shape index (κ1) is 14.9. The molecular weight excluding hydrogens is 292 g/mol. The zero-order valence-electron chi connectivity index (χ0n) is 12.5. The predicted octanol–water partition coefficient (Wildman–Crippen LogP) is 5.71. The van der Waals surface area contributed by atoms with Crippen molar-refractivity contribution in [3.05, 3.63) is 58.9 Å². The second kappa shape index (κ2) is 6.85. The lowest BCUT2D eigenvalue weighted by Crippen LogP contribution is -2.10. The van der Waals surface area contributed by atoms with Crippen LogP contribution < -0.4 is 0 Å². The highest BCUT2D eigenvalue weighted by Gasteiger charge is 2.14. The number of halogens is 1. The van der Waals surface area contributed by atoms with Crippen molar-refractivity contribution in [1.29, 1.82) is 5.26 Å². The van der Waals surface area contributed by atoms with Gasteiger partial charge in [0.05, 0.1) is 11.6 Å². The van der Waals surface area contributed by atoms with Crippen LogP contribution in [0.1, 0.15) is 49.3 Å². The zero-order chi connectivity index (χ0) is 15.4. The number of hydrogen-bond acceptors (Lipinski definition) is 1.